The van der Waals surface area contributed by atoms with Gasteiger partial charge < -0.3 is 4.74 Å². The highest BCUT2D eigenvalue weighted by Gasteiger charge is 2.22. The van der Waals surface area contributed by atoms with Crippen molar-refractivity contribution >= 4 is 27.7 Å². The number of ketones is 1. The number of alkyl halides is 1. The summed E-state index contributed by atoms with van der Waals surface area (Å²) >= 11 is 3.33. The van der Waals surface area contributed by atoms with Crippen molar-refractivity contribution < 1.29 is 14.3 Å². The molecule has 0 radical (unpaired) electrons. The van der Waals surface area contributed by atoms with E-state index in [2.05, 4.69) is 20.7 Å². The molecular weight excluding hydrogens is 248 g/mol. The number of hydrogen-bond donors (Lipinski definition) is 0. The summed E-state index contributed by atoms with van der Waals surface area (Å²) in [7, 11) is 1.32. The number of hydrogen-bond acceptors (Lipinski definition) is 3. The molecule has 1 unspecified atom stereocenters. The lowest BCUT2D eigenvalue weighted by Gasteiger charge is -2.10. The predicted molar refractivity (Wildman–Crippen MR) is 58.4 cm³/mol. The van der Waals surface area contributed by atoms with Gasteiger partial charge in [0.25, 0.3) is 0 Å². The van der Waals surface area contributed by atoms with Crippen molar-refractivity contribution in [1.82, 2.24) is 0 Å². The van der Waals surface area contributed by atoms with Gasteiger partial charge in [-0.3, -0.25) is 9.59 Å². The fourth-order valence-electron chi connectivity index (χ4n) is 1.25. The third kappa shape index (κ3) is 5.37. The summed E-state index contributed by atoms with van der Waals surface area (Å²) in [6.45, 7) is 1.44. The summed E-state index contributed by atoms with van der Waals surface area (Å²) in [6, 6.07) is 0. The van der Waals surface area contributed by atoms with Crippen LogP contribution in [0.1, 0.15) is 32.6 Å². The molecule has 0 N–H and O–H groups in total. The van der Waals surface area contributed by atoms with Crippen LogP contribution in [0, 0.1) is 5.92 Å². The quantitative estimate of drug-likeness (QED) is 0.307. The first-order valence-corrected chi connectivity index (χ1v) is 5.89. The SMILES string of the molecule is COC(=O)C(CCCCCBr)C(C)=O. The van der Waals surface area contributed by atoms with E-state index in [1.807, 2.05) is 0 Å². The Morgan fingerprint density at radius 3 is 2.36 bits per heavy atom. The number of methoxy groups -OCH3 is 1. The van der Waals surface area contributed by atoms with E-state index in [0.29, 0.717) is 6.42 Å². The van der Waals surface area contributed by atoms with Crippen LogP contribution >= 0.6 is 15.9 Å². The molecule has 0 fully saturated rings. The maximum absolute atomic E-state index is 11.2. The Morgan fingerprint density at radius 2 is 1.93 bits per heavy atom. The Kier molecular flexibility index (Phi) is 7.76. The number of ether oxygens (including phenoxy) is 1. The maximum Gasteiger partial charge on any atom is 0.316 e. The highest BCUT2D eigenvalue weighted by molar-refractivity contribution is 9.09. The first-order chi connectivity index (χ1) is 6.63. The molecule has 0 saturated heterocycles. The number of esters is 1. The minimum absolute atomic E-state index is 0.101. The van der Waals surface area contributed by atoms with Crippen LogP contribution in [0.2, 0.25) is 0 Å². The molecule has 0 rings (SSSR count). The van der Waals surface area contributed by atoms with Crippen molar-refractivity contribution in [3.63, 3.8) is 0 Å². The van der Waals surface area contributed by atoms with Gasteiger partial charge in [-0.25, -0.2) is 0 Å². The number of Topliss-reactive ketones (excluding diaryl/α,β-unsaturated/α-hetero) is 1. The molecule has 0 aromatic rings. The van der Waals surface area contributed by atoms with Gasteiger partial charge in [-0.2, -0.15) is 0 Å². The summed E-state index contributed by atoms with van der Waals surface area (Å²) in [5.41, 5.74) is 0. The van der Waals surface area contributed by atoms with Gasteiger partial charge >= 0.3 is 5.97 Å². The molecule has 0 aromatic heterocycles. The minimum Gasteiger partial charge on any atom is -0.468 e. The van der Waals surface area contributed by atoms with E-state index in [1.165, 1.54) is 14.0 Å². The van der Waals surface area contributed by atoms with Gasteiger partial charge in [0.1, 0.15) is 11.7 Å². The van der Waals surface area contributed by atoms with Crippen molar-refractivity contribution in [3.05, 3.63) is 0 Å². The van der Waals surface area contributed by atoms with Crippen molar-refractivity contribution in [2.45, 2.75) is 32.6 Å². The van der Waals surface area contributed by atoms with E-state index in [9.17, 15) is 9.59 Å². The predicted octanol–water partition coefficient (Wildman–Crippen LogP) is 2.32. The van der Waals surface area contributed by atoms with Gasteiger partial charge in [-0.05, 0) is 19.8 Å². The second-order valence-electron chi connectivity index (χ2n) is 3.22. The zero-order chi connectivity index (χ0) is 11.0. The summed E-state index contributed by atoms with van der Waals surface area (Å²) < 4.78 is 4.56. The Hall–Kier alpha value is -0.380. The van der Waals surface area contributed by atoms with Crippen LogP contribution in [0.3, 0.4) is 0 Å². The lowest BCUT2D eigenvalue weighted by Crippen LogP contribution is -2.23. The molecule has 0 aliphatic heterocycles. The summed E-state index contributed by atoms with van der Waals surface area (Å²) in [4.78, 5) is 22.3. The average molecular weight is 265 g/mol. The number of halogens is 1. The van der Waals surface area contributed by atoms with Crippen molar-refractivity contribution in [1.29, 1.82) is 0 Å². The van der Waals surface area contributed by atoms with Crippen LogP contribution in [0.5, 0.6) is 0 Å². The molecular formula is C10H17BrO3. The number of carbonyl (C=O) groups is 2. The second-order valence-corrected chi connectivity index (χ2v) is 4.02. The van der Waals surface area contributed by atoms with Crippen LogP contribution in [-0.4, -0.2) is 24.2 Å². The van der Waals surface area contributed by atoms with Crippen LogP contribution in [0.25, 0.3) is 0 Å². The zero-order valence-corrected chi connectivity index (χ0v) is 10.3. The second kappa shape index (κ2) is 7.97. The zero-order valence-electron chi connectivity index (χ0n) is 8.72. The molecule has 0 spiro atoms. The highest BCUT2D eigenvalue weighted by Crippen LogP contribution is 2.13. The monoisotopic (exact) mass is 264 g/mol. The molecule has 4 heteroatoms. The molecule has 0 heterocycles. The summed E-state index contributed by atoms with van der Waals surface area (Å²) in [5.74, 6) is -1.07. The Balaban J connectivity index is 3.86. The van der Waals surface area contributed by atoms with Crippen molar-refractivity contribution in [2.24, 2.45) is 5.92 Å². The standard InChI is InChI=1S/C10H17BrO3/c1-8(12)9(10(13)14-2)6-4-3-5-7-11/h9H,3-7H2,1-2H3. The number of rotatable bonds is 7. The molecule has 0 saturated carbocycles. The van der Waals surface area contributed by atoms with E-state index < -0.39 is 11.9 Å². The highest BCUT2D eigenvalue weighted by atomic mass is 79.9. The molecule has 0 aliphatic carbocycles. The van der Waals surface area contributed by atoms with Gasteiger partial charge in [0, 0.05) is 5.33 Å². The molecule has 0 amide bonds. The first-order valence-electron chi connectivity index (χ1n) is 4.77. The minimum atomic E-state index is -0.560. The topological polar surface area (TPSA) is 43.4 Å². The molecule has 14 heavy (non-hydrogen) atoms. The average Bonchev–Trinajstić information content (AvgIpc) is 2.16. The van der Waals surface area contributed by atoms with Gasteiger partial charge in [0.05, 0.1) is 7.11 Å². The summed E-state index contributed by atoms with van der Waals surface area (Å²) in [5, 5.41) is 0.968. The van der Waals surface area contributed by atoms with Gasteiger partial charge in [-0.1, -0.05) is 28.8 Å². The van der Waals surface area contributed by atoms with Gasteiger partial charge in [-0.15, -0.1) is 0 Å². The first kappa shape index (κ1) is 13.6. The fourth-order valence-corrected chi connectivity index (χ4v) is 1.65. The normalized spacial score (nSPS) is 12.2. The summed E-state index contributed by atoms with van der Waals surface area (Å²) in [6.07, 6.45) is 3.61. The number of unbranched alkanes of at least 4 members (excludes halogenated alkanes) is 2. The van der Waals surface area contributed by atoms with Crippen LogP contribution < -0.4 is 0 Å². The molecule has 0 aromatic carbocycles. The molecule has 82 valence electrons. The lowest BCUT2D eigenvalue weighted by atomic mass is 9.98. The van der Waals surface area contributed by atoms with E-state index in [0.717, 1.165) is 24.6 Å². The third-order valence-corrected chi connectivity index (χ3v) is 2.66. The smallest absolute Gasteiger partial charge is 0.316 e. The van der Waals surface area contributed by atoms with E-state index in [-0.39, 0.29) is 5.78 Å². The lowest BCUT2D eigenvalue weighted by molar-refractivity contribution is -0.149. The largest absolute Gasteiger partial charge is 0.468 e. The van der Waals surface area contributed by atoms with Crippen molar-refractivity contribution in [2.75, 3.05) is 12.4 Å². The van der Waals surface area contributed by atoms with Gasteiger partial charge in [0.15, 0.2) is 0 Å². The van der Waals surface area contributed by atoms with Crippen molar-refractivity contribution in [3.8, 4) is 0 Å². The van der Waals surface area contributed by atoms with E-state index >= 15 is 0 Å². The Morgan fingerprint density at radius 1 is 1.29 bits per heavy atom. The fraction of sp³-hybridized carbons (Fsp3) is 0.800. The van der Waals surface area contributed by atoms with E-state index in [4.69, 9.17) is 0 Å². The Labute approximate surface area is 93.3 Å². The van der Waals surface area contributed by atoms with Crippen LogP contribution in [0.15, 0.2) is 0 Å². The van der Waals surface area contributed by atoms with Crippen LogP contribution in [0.4, 0.5) is 0 Å². The molecule has 1 atom stereocenters. The molecule has 0 bridgehead atoms. The molecule has 3 nitrogen and oxygen atoms in total. The van der Waals surface area contributed by atoms with E-state index in [1.54, 1.807) is 0 Å². The Bertz CT molecular complexity index is 192. The molecule has 0 aliphatic rings. The van der Waals surface area contributed by atoms with Crippen LogP contribution in [-0.2, 0) is 14.3 Å². The van der Waals surface area contributed by atoms with Gasteiger partial charge in [0.2, 0.25) is 0 Å². The maximum atomic E-state index is 11.2. The third-order valence-electron chi connectivity index (χ3n) is 2.10. The number of carbonyl (C=O) groups excluding carboxylic acids is 2.